The van der Waals surface area contributed by atoms with E-state index in [0.29, 0.717) is 18.1 Å². The molecule has 0 aliphatic carbocycles. The van der Waals surface area contributed by atoms with Crippen molar-refractivity contribution in [1.29, 1.82) is 0 Å². The molecule has 3 aromatic carbocycles. The van der Waals surface area contributed by atoms with E-state index in [2.05, 4.69) is 16.0 Å². The van der Waals surface area contributed by atoms with Gasteiger partial charge in [0.1, 0.15) is 17.3 Å². The summed E-state index contributed by atoms with van der Waals surface area (Å²) in [6.07, 6.45) is 2.10. The van der Waals surface area contributed by atoms with Crippen LogP contribution in [0.4, 0.5) is 0 Å². The Hall–Kier alpha value is -3.51. The van der Waals surface area contributed by atoms with E-state index in [0.717, 1.165) is 53.3 Å². The van der Waals surface area contributed by atoms with E-state index in [-0.39, 0.29) is 11.9 Å². The number of para-hydroxylation sites is 2. The van der Waals surface area contributed by atoms with Crippen LogP contribution in [0.15, 0.2) is 72.8 Å². The molecule has 0 bridgehead atoms. The fraction of sp³-hybridized carbons (Fsp3) is 0.286. The molecule has 7 heteroatoms. The van der Waals surface area contributed by atoms with Gasteiger partial charge in [0.25, 0.3) is 0 Å². The summed E-state index contributed by atoms with van der Waals surface area (Å²) >= 11 is 5.95. The quantitative estimate of drug-likeness (QED) is 0.262. The van der Waals surface area contributed by atoms with E-state index in [1.54, 1.807) is 19.2 Å². The number of fused-ring (bicyclic) bond motifs is 1. The largest absolute Gasteiger partial charge is 0.497 e. The van der Waals surface area contributed by atoms with E-state index < -0.39 is 0 Å². The topological polar surface area (TPSA) is 65.4 Å². The van der Waals surface area contributed by atoms with Gasteiger partial charge >= 0.3 is 0 Å². The predicted octanol–water partition coefficient (Wildman–Crippen LogP) is 5.98. The highest BCUT2D eigenvalue weighted by molar-refractivity contribution is 6.30. The van der Waals surface area contributed by atoms with Crippen molar-refractivity contribution in [3.8, 4) is 11.5 Å². The second kappa shape index (κ2) is 11.8. The summed E-state index contributed by atoms with van der Waals surface area (Å²) in [6.45, 7) is 3.38. The third kappa shape index (κ3) is 6.55. The Morgan fingerprint density at radius 3 is 2.60 bits per heavy atom. The first-order valence-electron chi connectivity index (χ1n) is 11.8. The molecule has 4 aromatic rings. The molecule has 4 rings (SSSR count). The summed E-state index contributed by atoms with van der Waals surface area (Å²) in [4.78, 5) is 17.5. The van der Waals surface area contributed by atoms with Crippen LogP contribution in [-0.4, -0.2) is 29.2 Å². The highest BCUT2D eigenvalue weighted by atomic mass is 35.5. The minimum Gasteiger partial charge on any atom is -0.497 e. The number of methoxy groups -OCH3 is 1. The van der Waals surface area contributed by atoms with Crippen molar-refractivity contribution >= 4 is 28.5 Å². The number of nitrogens with one attached hydrogen (secondary N) is 1. The average molecular weight is 492 g/mol. The molecule has 0 aliphatic rings. The van der Waals surface area contributed by atoms with Gasteiger partial charge in [-0.05, 0) is 61.7 Å². The Balaban J connectivity index is 1.37. The predicted molar refractivity (Wildman–Crippen MR) is 139 cm³/mol. The highest BCUT2D eigenvalue weighted by Gasteiger charge is 2.18. The summed E-state index contributed by atoms with van der Waals surface area (Å²) < 4.78 is 13.3. The molecule has 1 amide bonds. The maximum absolute atomic E-state index is 12.7. The average Bonchev–Trinajstić information content (AvgIpc) is 3.24. The van der Waals surface area contributed by atoms with Crippen molar-refractivity contribution in [3.05, 3.63) is 89.2 Å². The second-order valence-corrected chi connectivity index (χ2v) is 8.87. The van der Waals surface area contributed by atoms with Crippen LogP contribution in [0.1, 0.15) is 37.2 Å². The number of nitrogens with zero attached hydrogens (tertiary/aromatic N) is 2. The van der Waals surface area contributed by atoms with Crippen molar-refractivity contribution in [2.75, 3.05) is 13.7 Å². The second-order valence-electron chi connectivity index (χ2n) is 8.44. The SMILES string of the molecule is COc1cccc(OCCCCn2c(C(C)NC(=O)Cc3ccc(Cl)cc3)nc3ccccc32)c1. The van der Waals surface area contributed by atoms with Gasteiger partial charge < -0.3 is 19.4 Å². The lowest BCUT2D eigenvalue weighted by Gasteiger charge is -2.17. The monoisotopic (exact) mass is 491 g/mol. The minimum atomic E-state index is -0.227. The first-order chi connectivity index (χ1) is 17.0. The third-order valence-corrected chi connectivity index (χ3v) is 6.06. The molecule has 0 spiro atoms. The van der Waals surface area contributed by atoms with Crippen molar-refractivity contribution in [1.82, 2.24) is 14.9 Å². The maximum atomic E-state index is 12.7. The first kappa shape index (κ1) is 24.6. The van der Waals surface area contributed by atoms with E-state index in [1.165, 1.54) is 0 Å². The zero-order valence-electron chi connectivity index (χ0n) is 20.0. The Bertz CT molecular complexity index is 1270. The number of imidazole rings is 1. The summed E-state index contributed by atoms with van der Waals surface area (Å²) in [5, 5.41) is 3.76. The molecular weight excluding hydrogens is 462 g/mol. The minimum absolute atomic E-state index is 0.0508. The molecule has 1 unspecified atom stereocenters. The number of halogens is 1. The number of hydrogen-bond acceptors (Lipinski definition) is 4. The van der Waals surface area contributed by atoms with Gasteiger partial charge in [0.05, 0.1) is 37.2 Å². The molecule has 182 valence electrons. The standard InChI is InChI=1S/C28H30ClN3O3/c1-20(30-27(33)18-21-12-14-22(29)15-13-21)28-31-25-10-3-4-11-26(25)32(28)16-5-6-17-35-24-9-7-8-23(19-24)34-2/h3-4,7-15,19-20H,5-6,16-18H2,1-2H3,(H,30,33). The summed E-state index contributed by atoms with van der Waals surface area (Å²) in [6, 6.07) is 22.8. The first-order valence-corrected chi connectivity index (χ1v) is 12.2. The van der Waals surface area contributed by atoms with E-state index in [4.69, 9.17) is 26.1 Å². The van der Waals surface area contributed by atoms with Gasteiger partial charge in [-0.25, -0.2) is 4.98 Å². The Morgan fingerprint density at radius 2 is 1.80 bits per heavy atom. The highest BCUT2D eigenvalue weighted by Crippen LogP contribution is 2.23. The zero-order valence-corrected chi connectivity index (χ0v) is 20.8. The van der Waals surface area contributed by atoms with Crippen LogP contribution in [0.5, 0.6) is 11.5 Å². The number of carbonyl (C=O) groups excluding carboxylic acids is 1. The molecule has 1 atom stereocenters. The molecule has 0 aliphatic heterocycles. The van der Waals surface area contributed by atoms with Gasteiger partial charge in [-0.1, -0.05) is 41.9 Å². The fourth-order valence-electron chi connectivity index (χ4n) is 4.06. The number of unbranched alkanes of at least 4 members (excludes halogenated alkanes) is 1. The number of amides is 1. The van der Waals surface area contributed by atoms with E-state index in [9.17, 15) is 4.79 Å². The van der Waals surface area contributed by atoms with Crippen molar-refractivity contribution in [3.63, 3.8) is 0 Å². The van der Waals surface area contributed by atoms with Crippen LogP contribution in [0, 0.1) is 0 Å². The Kier molecular flexibility index (Phi) is 8.27. The third-order valence-electron chi connectivity index (χ3n) is 5.81. The van der Waals surface area contributed by atoms with Gasteiger partial charge in [-0.2, -0.15) is 0 Å². The van der Waals surface area contributed by atoms with Crippen molar-refractivity contribution in [2.45, 2.75) is 38.8 Å². The molecule has 6 nitrogen and oxygen atoms in total. The lowest BCUT2D eigenvalue weighted by molar-refractivity contribution is -0.121. The van der Waals surface area contributed by atoms with E-state index in [1.807, 2.05) is 61.5 Å². The fourth-order valence-corrected chi connectivity index (χ4v) is 4.18. The Morgan fingerprint density at radius 1 is 1.03 bits per heavy atom. The van der Waals surface area contributed by atoms with Crippen LogP contribution >= 0.6 is 11.6 Å². The maximum Gasteiger partial charge on any atom is 0.224 e. The zero-order chi connectivity index (χ0) is 24.6. The molecule has 35 heavy (non-hydrogen) atoms. The molecule has 0 radical (unpaired) electrons. The van der Waals surface area contributed by atoms with Gasteiger partial charge in [0.2, 0.25) is 5.91 Å². The summed E-state index contributed by atoms with van der Waals surface area (Å²) in [5.41, 5.74) is 2.91. The van der Waals surface area contributed by atoms with Gasteiger partial charge in [-0.15, -0.1) is 0 Å². The summed E-state index contributed by atoms with van der Waals surface area (Å²) in [5.74, 6) is 2.38. The molecule has 0 saturated heterocycles. The van der Waals surface area contributed by atoms with Crippen LogP contribution in [0.2, 0.25) is 5.02 Å². The smallest absolute Gasteiger partial charge is 0.224 e. The molecule has 0 saturated carbocycles. The van der Waals surface area contributed by atoms with Crippen LogP contribution in [0.3, 0.4) is 0 Å². The van der Waals surface area contributed by atoms with Gasteiger partial charge in [-0.3, -0.25) is 4.79 Å². The molecule has 1 N–H and O–H groups in total. The number of carbonyl (C=O) groups is 1. The molecular formula is C28H30ClN3O3. The van der Waals surface area contributed by atoms with Crippen molar-refractivity contribution in [2.24, 2.45) is 0 Å². The summed E-state index contributed by atoms with van der Waals surface area (Å²) in [7, 11) is 1.65. The molecule has 1 heterocycles. The number of aromatic nitrogens is 2. The molecule has 1 aromatic heterocycles. The lowest BCUT2D eigenvalue weighted by atomic mass is 10.1. The number of benzene rings is 3. The van der Waals surface area contributed by atoms with Crippen LogP contribution in [-0.2, 0) is 17.8 Å². The van der Waals surface area contributed by atoms with Gasteiger partial charge in [0.15, 0.2) is 0 Å². The van der Waals surface area contributed by atoms with Crippen LogP contribution < -0.4 is 14.8 Å². The Labute approximate surface area is 210 Å². The number of ether oxygens (including phenoxy) is 2. The van der Waals surface area contributed by atoms with Gasteiger partial charge in [0, 0.05) is 17.6 Å². The van der Waals surface area contributed by atoms with Crippen LogP contribution in [0.25, 0.3) is 11.0 Å². The van der Waals surface area contributed by atoms with E-state index >= 15 is 0 Å². The lowest BCUT2D eigenvalue weighted by Crippen LogP contribution is -2.30. The normalized spacial score (nSPS) is 11.9. The van der Waals surface area contributed by atoms with Crippen molar-refractivity contribution < 1.29 is 14.3 Å². The molecule has 0 fully saturated rings. The number of hydrogen-bond donors (Lipinski definition) is 1. The number of aryl methyl sites for hydroxylation is 1. The number of rotatable bonds is 11.